The van der Waals surface area contributed by atoms with Crippen LogP contribution < -0.4 is 15.4 Å². The number of rotatable bonds is 6. The first-order valence-corrected chi connectivity index (χ1v) is 10.9. The fourth-order valence-corrected chi connectivity index (χ4v) is 4.05. The second-order valence-electron chi connectivity index (χ2n) is 8.26. The van der Waals surface area contributed by atoms with Crippen molar-refractivity contribution in [2.45, 2.75) is 51.2 Å². The summed E-state index contributed by atoms with van der Waals surface area (Å²) in [5.74, 6) is 0.00545. The molecule has 2 N–H and O–H groups in total. The standard InChI is InChI=1S/C24H22F6N4O/c1-14-18(23(25,26)27)10-5-11-19(14)32-21-13-20(33-22(34-21)31-16-7-2-3-8-16)15-6-4-9-17(12-15)35-24(28,29)30/h4-6,9-13,16H,2-3,7-8H2,1H3,(H2,31,32,33,34). The molecule has 4 rings (SSSR count). The van der Waals surface area contributed by atoms with Gasteiger partial charge in [-0.3, -0.25) is 0 Å². The van der Waals surface area contributed by atoms with E-state index in [1.54, 1.807) is 6.07 Å². The molecule has 1 aromatic heterocycles. The summed E-state index contributed by atoms with van der Waals surface area (Å²) in [6.45, 7) is 1.35. The predicted molar refractivity (Wildman–Crippen MR) is 119 cm³/mol. The Morgan fingerprint density at radius 1 is 0.914 bits per heavy atom. The minimum atomic E-state index is -4.85. The number of nitrogens with one attached hydrogen (secondary N) is 2. The second kappa shape index (κ2) is 9.63. The molecule has 0 bridgehead atoms. The zero-order valence-corrected chi connectivity index (χ0v) is 18.6. The van der Waals surface area contributed by atoms with Crippen LogP contribution in [0, 0.1) is 6.92 Å². The van der Waals surface area contributed by atoms with E-state index in [0.29, 0.717) is 5.56 Å². The summed E-state index contributed by atoms with van der Waals surface area (Å²) < 4.78 is 82.1. The molecule has 0 saturated heterocycles. The van der Waals surface area contributed by atoms with Gasteiger partial charge in [-0.25, -0.2) is 4.98 Å². The lowest BCUT2D eigenvalue weighted by molar-refractivity contribution is -0.274. The molecule has 11 heteroatoms. The summed E-state index contributed by atoms with van der Waals surface area (Å²) in [7, 11) is 0. The minimum Gasteiger partial charge on any atom is -0.406 e. The second-order valence-corrected chi connectivity index (χ2v) is 8.26. The number of ether oxygens (including phenoxy) is 1. The molecule has 186 valence electrons. The first-order chi connectivity index (χ1) is 16.5. The van der Waals surface area contributed by atoms with Gasteiger partial charge in [-0.2, -0.15) is 18.2 Å². The fourth-order valence-electron chi connectivity index (χ4n) is 4.05. The van der Waals surface area contributed by atoms with Gasteiger partial charge < -0.3 is 15.4 Å². The van der Waals surface area contributed by atoms with Gasteiger partial charge in [0.2, 0.25) is 5.95 Å². The number of benzene rings is 2. The van der Waals surface area contributed by atoms with Gasteiger partial charge in [0.25, 0.3) is 0 Å². The van der Waals surface area contributed by atoms with E-state index in [1.807, 2.05) is 0 Å². The number of hydrogen-bond donors (Lipinski definition) is 2. The van der Waals surface area contributed by atoms with E-state index in [2.05, 4.69) is 25.3 Å². The van der Waals surface area contributed by atoms with Crippen LogP contribution in [-0.2, 0) is 6.18 Å². The maximum atomic E-state index is 13.3. The maximum absolute atomic E-state index is 13.3. The Morgan fingerprint density at radius 2 is 1.63 bits per heavy atom. The molecule has 0 radical (unpaired) electrons. The van der Waals surface area contributed by atoms with Crippen LogP contribution in [0.25, 0.3) is 11.3 Å². The molecule has 0 aliphatic heterocycles. The van der Waals surface area contributed by atoms with E-state index in [-0.39, 0.29) is 34.8 Å². The van der Waals surface area contributed by atoms with Crippen molar-refractivity contribution in [3.05, 3.63) is 59.7 Å². The van der Waals surface area contributed by atoms with Gasteiger partial charge in [-0.15, -0.1) is 13.2 Å². The molecule has 3 aromatic rings. The highest BCUT2D eigenvalue weighted by Gasteiger charge is 2.33. The summed E-state index contributed by atoms with van der Waals surface area (Å²) in [6, 6.07) is 10.7. The Hall–Kier alpha value is -3.50. The van der Waals surface area contributed by atoms with E-state index in [4.69, 9.17) is 0 Å². The Labute approximate surface area is 197 Å². The summed E-state index contributed by atoms with van der Waals surface area (Å²) in [4.78, 5) is 8.85. The lowest BCUT2D eigenvalue weighted by Gasteiger charge is -2.17. The first kappa shape index (κ1) is 24.6. The van der Waals surface area contributed by atoms with Crippen LogP contribution >= 0.6 is 0 Å². The van der Waals surface area contributed by atoms with Gasteiger partial charge in [0.05, 0.1) is 11.3 Å². The van der Waals surface area contributed by atoms with Gasteiger partial charge in [0.15, 0.2) is 0 Å². The van der Waals surface area contributed by atoms with Crippen LogP contribution in [0.5, 0.6) is 5.75 Å². The van der Waals surface area contributed by atoms with Crippen molar-refractivity contribution in [1.82, 2.24) is 9.97 Å². The maximum Gasteiger partial charge on any atom is 0.573 e. The highest BCUT2D eigenvalue weighted by atomic mass is 19.4. The van der Waals surface area contributed by atoms with Crippen LogP contribution in [0.1, 0.15) is 36.8 Å². The molecule has 1 saturated carbocycles. The number of aromatic nitrogens is 2. The van der Waals surface area contributed by atoms with Crippen molar-refractivity contribution < 1.29 is 31.1 Å². The topological polar surface area (TPSA) is 59.1 Å². The van der Waals surface area contributed by atoms with Gasteiger partial charge in [0, 0.05) is 23.4 Å². The van der Waals surface area contributed by atoms with Crippen LogP contribution in [0.4, 0.5) is 43.8 Å². The molecule has 35 heavy (non-hydrogen) atoms. The molecule has 5 nitrogen and oxygen atoms in total. The van der Waals surface area contributed by atoms with Crippen LogP contribution in [-0.4, -0.2) is 22.4 Å². The van der Waals surface area contributed by atoms with E-state index in [0.717, 1.165) is 31.7 Å². The highest BCUT2D eigenvalue weighted by Crippen LogP contribution is 2.36. The molecule has 2 aromatic carbocycles. The average molecular weight is 496 g/mol. The SMILES string of the molecule is Cc1c(Nc2cc(-c3cccc(OC(F)(F)F)c3)nc(NC3CCCC3)n2)cccc1C(F)(F)F. The van der Waals surface area contributed by atoms with E-state index >= 15 is 0 Å². The summed E-state index contributed by atoms with van der Waals surface area (Å²) >= 11 is 0. The van der Waals surface area contributed by atoms with E-state index in [1.165, 1.54) is 43.3 Å². The minimum absolute atomic E-state index is 0.00830. The molecular weight excluding hydrogens is 474 g/mol. The van der Waals surface area contributed by atoms with Crippen LogP contribution in [0.15, 0.2) is 48.5 Å². The lowest BCUT2D eigenvalue weighted by atomic mass is 10.1. The third-order valence-electron chi connectivity index (χ3n) is 5.68. The van der Waals surface area contributed by atoms with Gasteiger partial charge in [0.1, 0.15) is 11.6 Å². The van der Waals surface area contributed by atoms with Crippen molar-refractivity contribution in [2.24, 2.45) is 0 Å². The first-order valence-electron chi connectivity index (χ1n) is 10.9. The fraction of sp³-hybridized carbons (Fsp3) is 0.333. The van der Waals surface area contributed by atoms with Gasteiger partial charge >= 0.3 is 12.5 Å². The Bertz CT molecular complexity index is 1190. The van der Waals surface area contributed by atoms with Crippen molar-refractivity contribution in [3.63, 3.8) is 0 Å². The molecule has 0 unspecified atom stereocenters. The number of halogens is 6. The Morgan fingerprint density at radius 3 is 2.31 bits per heavy atom. The third-order valence-corrected chi connectivity index (χ3v) is 5.68. The Balaban J connectivity index is 1.71. The molecule has 0 spiro atoms. The van der Waals surface area contributed by atoms with Crippen LogP contribution in [0.2, 0.25) is 0 Å². The van der Waals surface area contributed by atoms with Crippen LogP contribution in [0.3, 0.4) is 0 Å². The number of anilines is 3. The zero-order chi connectivity index (χ0) is 25.2. The molecule has 1 heterocycles. The van der Waals surface area contributed by atoms with E-state index in [9.17, 15) is 26.3 Å². The van der Waals surface area contributed by atoms with Crippen molar-refractivity contribution in [2.75, 3.05) is 10.6 Å². The largest absolute Gasteiger partial charge is 0.573 e. The molecule has 0 amide bonds. The number of hydrogen-bond acceptors (Lipinski definition) is 5. The highest BCUT2D eigenvalue weighted by molar-refractivity contribution is 5.70. The summed E-state index contributed by atoms with van der Waals surface area (Å²) in [6.07, 6.45) is -5.46. The third kappa shape index (κ3) is 6.34. The van der Waals surface area contributed by atoms with Crippen molar-refractivity contribution in [3.8, 4) is 17.0 Å². The lowest BCUT2D eigenvalue weighted by Crippen LogP contribution is -2.17. The predicted octanol–water partition coefficient (Wildman–Crippen LogP) is 7.47. The molecule has 0 atom stereocenters. The normalized spacial score (nSPS) is 14.7. The molecular formula is C24H22F6N4O. The number of nitrogens with zero attached hydrogens (tertiary/aromatic N) is 2. The van der Waals surface area contributed by atoms with Crippen molar-refractivity contribution in [1.29, 1.82) is 0 Å². The van der Waals surface area contributed by atoms with Gasteiger partial charge in [-0.1, -0.05) is 31.0 Å². The van der Waals surface area contributed by atoms with Crippen molar-refractivity contribution >= 4 is 17.5 Å². The van der Waals surface area contributed by atoms with E-state index < -0.39 is 23.9 Å². The monoisotopic (exact) mass is 496 g/mol. The van der Waals surface area contributed by atoms with Gasteiger partial charge in [-0.05, 0) is 49.6 Å². The summed E-state index contributed by atoms with van der Waals surface area (Å²) in [5, 5.41) is 6.14. The molecule has 1 aliphatic rings. The average Bonchev–Trinajstić information content (AvgIpc) is 3.26. The zero-order valence-electron chi connectivity index (χ0n) is 18.6. The summed E-state index contributed by atoms with van der Waals surface area (Å²) in [5.41, 5.74) is 0.0160. The molecule has 1 aliphatic carbocycles. The Kier molecular flexibility index (Phi) is 6.77. The number of alkyl halides is 6. The quantitative estimate of drug-likeness (QED) is 0.347. The smallest absolute Gasteiger partial charge is 0.406 e. The molecule has 1 fully saturated rings.